The number of hydrogen-bond donors (Lipinski definition) is 0. The molecule has 0 unspecified atom stereocenters. The summed E-state index contributed by atoms with van der Waals surface area (Å²) < 4.78 is 40.0. The van der Waals surface area contributed by atoms with E-state index in [9.17, 15) is 13.2 Å². The van der Waals surface area contributed by atoms with Gasteiger partial charge in [0.2, 0.25) is 0 Å². The van der Waals surface area contributed by atoms with Crippen LogP contribution in [0.15, 0.2) is 69.3 Å². The van der Waals surface area contributed by atoms with E-state index in [1.54, 1.807) is 36.4 Å². The Morgan fingerprint density at radius 2 is 1.77 bits per heavy atom. The summed E-state index contributed by atoms with van der Waals surface area (Å²) in [7, 11) is -0.913. The summed E-state index contributed by atoms with van der Waals surface area (Å²) >= 11 is 0.998. The van der Waals surface area contributed by atoms with Gasteiger partial charge in [0.25, 0.3) is 15.9 Å². The number of amidine groups is 1. The molecule has 7 nitrogen and oxygen atoms in total. The molecule has 1 aliphatic rings. The van der Waals surface area contributed by atoms with Crippen LogP contribution in [0.1, 0.15) is 11.1 Å². The number of carbonyl (C=O) groups excluding carboxylic acids is 1. The molecule has 0 bridgehead atoms. The molecule has 2 aromatic rings. The summed E-state index contributed by atoms with van der Waals surface area (Å²) in [5.41, 5.74) is 1.64. The van der Waals surface area contributed by atoms with E-state index in [1.807, 2.05) is 6.92 Å². The lowest BCUT2D eigenvalue weighted by atomic mass is 10.2. The van der Waals surface area contributed by atoms with Crippen LogP contribution in [0.5, 0.6) is 11.5 Å². The average Bonchev–Trinajstić information content (AvgIpc) is 3.02. The fraction of sp³-hybridized carbons (Fsp3) is 0.182. The van der Waals surface area contributed by atoms with Crippen molar-refractivity contribution in [2.24, 2.45) is 4.40 Å². The highest BCUT2D eigenvalue weighted by Gasteiger charge is 2.34. The maximum absolute atomic E-state index is 12.9. The second kappa shape index (κ2) is 9.40. The van der Waals surface area contributed by atoms with Gasteiger partial charge in [-0.05, 0) is 54.6 Å². The third-order valence-corrected chi connectivity index (χ3v) is 6.83. The van der Waals surface area contributed by atoms with Crippen LogP contribution in [-0.4, -0.2) is 45.2 Å². The van der Waals surface area contributed by atoms with E-state index >= 15 is 0 Å². The minimum Gasteiger partial charge on any atom is -0.493 e. The third-order valence-electron chi connectivity index (χ3n) is 4.42. The number of amides is 1. The lowest BCUT2D eigenvalue weighted by molar-refractivity contribution is -0.121. The van der Waals surface area contributed by atoms with E-state index in [0.29, 0.717) is 22.0 Å². The van der Waals surface area contributed by atoms with Gasteiger partial charge < -0.3 is 9.47 Å². The van der Waals surface area contributed by atoms with Crippen LogP contribution in [-0.2, 0) is 14.8 Å². The molecule has 1 amide bonds. The van der Waals surface area contributed by atoms with Gasteiger partial charge in [-0.25, -0.2) is 0 Å². The molecule has 0 aliphatic carbocycles. The summed E-state index contributed by atoms with van der Waals surface area (Å²) in [5, 5.41) is 0.0807. The van der Waals surface area contributed by atoms with Crippen molar-refractivity contribution in [3.63, 3.8) is 0 Å². The minimum absolute atomic E-state index is 0.0644. The molecule has 0 N–H and O–H groups in total. The number of aryl methyl sites for hydroxylation is 1. The van der Waals surface area contributed by atoms with Crippen LogP contribution in [0, 0.1) is 6.92 Å². The van der Waals surface area contributed by atoms with Crippen LogP contribution in [0.3, 0.4) is 0 Å². The summed E-state index contributed by atoms with van der Waals surface area (Å²) in [6, 6.07) is 11.6. The SMILES string of the molecule is C=CCN1C(=O)C(=Cc2ccc(OC)c(OC)c2)SC1=NS(=O)(=O)c1ccc(C)cc1. The quantitative estimate of drug-likeness (QED) is 0.463. The molecule has 162 valence electrons. The highest BCUT2D eigenvalue weighted by Crippen LogP contribution is 2.35. The molecule has 0 radical (unpaired) electrons. The second-order valence-corrected chi connectivity index (χ2v) is 9.20. The highest BCUT2D eigenvalue weighted by atomic mass is 32.2. The Hall–Kier alpha value is -3.04. The molecule has 0 spiro atoms. The van der Waals surface area contributed by atoms with Crippen molar-refractivity contribution in [1.82, 2.24) is 4.90 Å². The molecule has 1 saturated heterocycles. The number of benzene rings is 2. The molecular formula is C22H22N2O5S2. The number of nitrogens with zero attached hydrogens (tertiary/aromatic N) is 2. The first kappa shape index (κ1) is 22.6. The molecule has 2 aromatic carbocycles. The normalized spacial score (nSPS) is 16.7. The van der Waals surface area contributed by atoms with Crippen molar-refractivity contribution in [3.8, 4) is 11.5 Å². The molecule has 9 heteroatoms. The zero-order chi connectivity index (χ0) is 22.6. The molecular weight excluding hydrogens is 436 g/mol. The minimum atomic E-state index is -3.98. The van der Waals surface area contributed by atoms with Crippen LogP contribution in [0.2, 0.25) is 0 Å². The molecule has 31 heavy (non-hydrogen) atoms. The van der Waals surface area contributed by atoms with Gasteiger partial charge >= 0.3 is 0 Å². The summed E-state index contributed by atoms with van der Waals surface area (Å²) in [5.74, 6) is 0.735. The molecule has 1 aliphatic heterocycles. The van der Waals surface area contributed by atoms with Gasteiger partial charge in [0, 0.05) is 6.54 Å². The largest absolute Gasteiger partial charge is 0.493 e. The Morgan fingerprint density at radius 3 is 2.39 bits per heavy atom. The summed E-state index contributed by atoms with van der Waals surface area (Å²) in [6.07, 6.45) is 3.18. The monoisotopic (exact) mass is 458 g/mol. The lowest BCUT2D eigenvalue weighted by Gasteiger charge is -2.12. The maximum Gasteiger partial charge on any atom is 0.284 e. The van der Waals surface area contributed by atoms with E-state index in [0.717, 1.165) is 17.3 Å². The first-order valence-electron chi connectivity index (χ1n) is 9.25. The number of hydrogen-bond acceptors (Lipinski definition) is 6. The fourth-order valence-corrected chi connectivity index (χ4v) is 5.02. The maximum atomic E-state index is 12.9. The first-order chi connectivity index (χ1) is 14.8. The van der Waals surface area contributed by atoms with E-state index in [-0.39, 0.29) is 22.5 Å². The van der Waals surface area contributed by atoms with E-state index < -0.39 is 10.0 Å². The van der Waals surface area contributed by atoms with Gasteiger partial charge in [-0.1, -0.05) is 29.8 Å². The van der Waals surface area contributed by atoms with Crippen molar-refractivity contribution in [2.45, 2.75) is 11.8 Å². The summed E-state index contributed by atoms with van der Waals surface area (Å²) in [4.78, 5) is 14.6. The Morgan fingerprint density at radius 1 is 1.10 bits per heavy atom. The van der Waals surface area contributed by atoms with Crippen molar-refractivity contribution < 1.29 is 22.7 Å². The number of rotatable bonds is 7. The van der Waals surface area contributed by atoms with Crippen LogP contribution < -0.4 is 9.47 Å². The fourth-order valence-electron chi connectivity index (χ4n) is 2.83. The van der Waals surface area contributed by atoms with E-state index in [1.165, 1.54) is 37.3 Å². The van der Waals surface area contributed by atoms with Crippen molar-refractivity contribution >= 4 is 38.9 Å². The molecule has 0 aromatic heterocycles. The molecule has 1 heterocycles. The Bertz CT molecular complexity index is 1170. The number of carbonyl (C=O) groups is 1. The van der Waals surface area contributed by atoms with Gasteiger partial charge in [-0.3, -0.25) is 9.69 Å². The predicted octanol–water partition coefficient (Wildman–Crippen LogP) is 3.86. The van der Waals surface area contributed by atoms with Gasteiger partial charge in [0.05, 0.1) is 24.0 Å². The van der Waals surface area contributed by atoms with Crippen LogP contribution >= 0.6 is 11.8 Å². The Labute approximate surface area is 186 Å². The first-order valence-corrected chi connectivity index (χ1v) is 11.5. The molecule has 1 fully saturated rings. The van der Waals surface area contributed by atoms with Gasteiger partial charge in [-0.2, -0.15) is 8.42 Å². The predicted molar refractivity (Wildman–Crippen MR) is 123 cm³/mol. The van der Waals surface area contributed by atoms with Crippen LogP contribution in [0.25, 0.3) is 6.08 Å². The number of sulfonamides is 1. The second-order valence-electron chi connectivity index (χ2n) is 6.59. The number of ether oxygens (including phenoxy) is 2. The van der Waals surface area contributed by atoms with Gasteiger partial charge in [0.1, 0.15) is 0 Å². The van der Waals surface area contributed by atoms with Crippen molar-refractivity contribution in [3.05, 3.63) is 71.2 Å². The lowest BCUT2D eigenvalue weighted by Crippen LogP contribution is -2.29. The zero-order valence-electron chi connectivity index (χ0n) is 17.4. The Kier molecular flexibility index (Phi) is 6.87. The smallest absolute Gasteiger partial charge is 0.284 e. The Balaban J connectivity index is 1.99. The average molecular weight is 459 g/mol. The van der Waals surface area contributed by atoms with E-state index in [4.69, 9.17) is 9.47 Å². The number of thioether (sulfide) groups is 1. The van der Waals surface area contributed by atoms with Gasteiger partial charge in [-0.15, -0.1) is 11.0 Å². The van der Waals surface area contributed by atoms with Crippen molar-refractivity contribution in [1.29, 1.82) is 0 Å². The van der Waals surface area contributed by atoms with Crippen LogP contribution in [0.4, 0.5) is 0 Å². The third kappa shape index (κ3) is 5.00. The highest BCUT2D eigenvalue weighted by molar-refractivity contribution is 8.19. The molecule has 0 saturated carbocycles. The zero-order valence-corrected chi connectivity index (χ0v) is 19.0. The molecule has 0 atom stereocenters. The van der Waals surface area contributed by atoms with Crippen molar-refractivity contribution in [2.75, 3.05) is 20.8 Å². The topological polar surface area (TPSA) is 85.3 Å². The summed E-state index contributed by atoms with van der Waals surface area (Å²) in [6.45, 7) is 5.65. The molecule has 3 rings (SSSR count). The standard InChI is InChI=1S/C22H22N2O5S2/c1-5-12-24-21(25)20(14-16-8-11-18(28-3)19(13-16)29-4)30-22(24)23-31(26,27)17-9-6-15(2)7-10-17/h5-11,13-14H,1,12H2,2-4H3. The van der Waals surface area contributed by atoms with E-state index in [2.05, 4.69) is 11.0 Å². The number of methoxy groups -OCH3 is 2. The van der Waals surface area contributed by atoms with Gasteiger partial charge in [0.15, 0.2) is 16.7 Å².